The molecule has 90 valence electrons. The summed E-state index contributed by atoms with van der Waals surface area (Å²) in [6, 6.07) is 5.78. The van der Waals surface area contributed by atoms with Crippen molar-refractivity contribution in [3.8, 4) is 12.3 Å². The monoisotopic (exact) mass is 231 g/mol. The Morgan fingerprint density at radius 1 is 1.59 bits per heavy atom. The van der Waals surface area contributed by atoms with Crippen LogP contribution >= 0.6 is 0 Å². The van der Waals surface area contributed by atoms with Crippen molar-refractivity contribution in [1.29, 1.82) is 0 Å². The van der Waals surface area contributed by atoms with Crippen LogP contribution in [0.4, 0.5) is 0 Å². The Morgan fingerprint density at radius 3 is 3.00 bits per heavy atom. The van der Waals surface area contributed by atoms with Crippen molar-refractivity contribution in [3.05, 3.63) is 29.6 Å². The van der Waals surface area contributed by atoms with Gasteiger partial charge in [0.25, 0.3) is 0 Å². The van der Waals surface area contributed by atoms with E-state index in [2.05, 4.69) is 16.2 Å². The summed E-state index contributed by atoms with van der Waals surface area (Å²) in [6.45, 7) is 3.10. The fraction of sp³-hybridized carbons (Fsp3) is 0.385. The third-order valence-corrected chi connectivity index (χ3v) is 2.27. The van der Waals surface area contributed by atoms with E-state index < -0.39 is 0 Å². The second kappa shape index (κ2) is 6.66. The first-order chi connectivity index (χ1) is 8.13. The first-order valence-electron chi connectivity index (χ1n) is 5.44. The fourth-order valence-corrected chi connectivity index (χ4v) is 1.40. The predicted octanol–water partition coefficient (Wildman–Crippen LogP) is 0.571. The van der Waals surface area contributed by atoms with Gasteiger partial charge in [0.2, 0.25) is 5.91 Å². The van der Waals surface area contributed by atoms with Crippen LogP contribution in [0.25, 0.3) is 0 Å². The molecule has 0 aliphatic carbocycles. The molecule has 0 saturated carbocycles. The van der Waals surface area contributed by atoms with E-state index in [4.69, 9.17) is 6.42 Å². The molecule has 0 aromatic carbocycles. The summed E-state index contributed by atoms with van der Waals surface area (Å²) in [7, 11) is 1.75. The van der Waals surface area contributed by atoms with Gasteiger partial charge in [0.15, 0.2) is 0 Å². The lowest BCUT2D eigenvalue weighted by atomic mass is 10.3. The van der Waals surface area contributed by atoms with E-state index in [0.29, 0.717) is 13.1 Å². The number of hydrogen-bond donors (Lipinski definition) is 1. The Labute approximate surface area is 102 Å². The van der Waals surface area contributed by atoms with Crippen molar-refractivity contribution in [2.45, 2.75) is 13.5 Å². The minimum absolute atomic E-state index is 0.00329. The number of rotatable bonds is 5. The number of carbonyl (C=O) groups excluding carboxylic acids is 1. The zero-order valence-electron chi connectivity index (χ0n) is 10.2. The molecule has 0 aliphatic heterocycles. The first kappa shape index (κ1) is 13.2. The van der Waals surface area contributed by atoms with Crippen molar-refractivity contribution in [3.63, 3.8) is 0 Å². The quantitative estimate of drug-likeness (QED) is 0.595. The van der Waals surface area contributed by atoms with E-state index in [1.54, 1.807) is 11.9 Å². The number of nitrogens with one attached hydrogen (secondary N) is 1. The third kappa shape index (κ3) is 4.66. The molecule has 4 heteroatoms. The van der Waals surface area contributed by atoms with E-state index in [0.717, 1.165) is 11.4 Å². The highest BCUT2D eigenvalue weighted by atomic mass is 16.2. The van der Waals surface area contributed by atoms with Crippen molar-refractivity contribution >= 4 is 5.91 Å². The molecule has 0 bridgehead atoms. The first-order valence-corrected chi connectivity index (χ1v) is 5.44. The Morgan fingerprint density at radius 2 is 2.35 bits per heavy atom. The zero-order chi connectivity index (χ0) is 12.7. The standard InChI is InChI=1S/C13H17N3O/c1-4-8-14-9-13(17)16(3)10-12-7-5-6-11(2)15-12/h1,5-7,14H,8-10H2,2-3H3. The van der Waals surface area contributed by atoms with Crippen molar-refractivity contribution in [2.24, 2.45) is 0 Å². The molecule has 0 fully saturated rings. The smallest absolute Gasteiger partial charge is 0.236 e. The van der Waals surface area contributed by atoms with Gasteiger partial charge in [-0.25, -0.2) is 0 Å². The van der Waals surface area contributed by atoms with Gasteiger partial charge < -0.3 is 4.90 Å². The molecular formula is C13H17N3O. The van der Waals surface area contributed by atoms with Gasteiger partial charge in [-0.15, -0.1) is 6.42 Å². The number of amides is 1. The van der Waals surface area contributed by atoms with Crippen LogP contribution < -0.4 is 5.32 Å². The van der Waals surface area contributed by atoms with Crippen LogP contribution in [0.5, 0.6) is 0 Å². The molecule has 1 rings (SSSR count). The maximum Gasteiger partial charge on any atom is 0.236 e. The fourth-order valence-electron chi connectivity index (χ4n) is 1.40. The summed E-state index contributed by atoms with van der Waals surface area (Å²) in [6.07, 6.45) is 5.08. The molecule has 0 spiro atoms. The number of aromatic nitrogens is 1. The molecular weight excluding hydrogens is 214 g/mol. The van der Waals surface area contributed by atoms with Gasteiger partial charge in [-0.2, -0.15) is 0 Å². The number of hydrogen-bond acceptors (Lipinski definition) is 3. The lowest BCUT2D eigenvalue weighted by molar-refractivity contribution is -0.129. The van der Waals surface area contributed by atoms with Gasteiger partial charge in [0.1, 0.15) is 0 Å². The van der Waals surface area contributed by atoms with Crippen molar-refractivity contribution in [2.75, 3.05) is 20.1 Å². The van der Waals surface area contributed by atoms with Gasteiger partial charge in [0.05, 0.1) is 25.3 Å². The van der Waals surface area contributed by atoms with E-state index in [1.165, 1.54) is 0 Å². The zero-order valence-corrected chi connectivity index (χ0v) is 10.2. The summed E-state index contributed by atoms with van der Waals surface area (Å²) in [5.74, 6) is 2.43. The second-order valence-electron chi connectivity index (χ2n) is 3.83. The number of aryl methyl sites for hydroxylation is 1. The summed E-state index contributed by atoms with van der Waals surface area (Å²) >= 11 is 0. The highest BCUT2D eigenvalue weighted by molar-refractivity contribution is 5.77. The van der Waals surface area contributed by atoms with Crippen molar-refractivity contribution in [1.82, 2.24) is 15.2 Å². The summed E-state index contributed by atoms with van der Waals surface area (Å²) < 4.78 is 0. The Kier molecular flexibility index (Phi) is 5.18. The van der Waals surface area contributed by atoms with Crippen LogP contribution in [0.3, 0.4) is 0 Å². The van der Waals surface area contributed by atoms with Gasteiger partial charge in [0, 0.05) is 12.7 Å². The van der Waals surface area contributed by atoms with Crippen LogP contribution in [0.2, 0.25) is 0 Å². The Balaban J connectivity index is 2.46. The average molecular weight is 231 g/mol. The second-order valence-corrected chi connectivity index (χ2v) is 3.83. The molecule has 0 aliphatic rings. The highest BCUT2D eigenvalue weighted by Gasteiger charge is 2.08. The number of terminal acetylenes is 1. The molecule has 0 radical (unpaired) electrons. The molecule has 1 aromatic rings. The van der Waals surface area contributed by atoms with E-state index in [9.17, 15) is 4.79 Å². The largest absolute Gasteiger partial charge is 0.339 e. The van der Waals surface area contributed by atoms with Gasteiger partial charge in [-0.3, -0.25) is 15.1 Å². The van der Waals surface area contributed by atoms with E-state index in [-0.39, 0.29) is 12.5 Å². The average Bonchev–Trinajstić information content (AvgIpc) is 2.29. The molecule has 1 N–H and O–H groups in total. The molecule has 0 saturated heterocycles. The third-order valence-electron chi connectivity index (χ3n) is 2.27. The van der Waals surface area contributed by atoms with Crippen LogP contribution in [0.15, 0.2) is 18.2 Å². The number of likely N-dealkylation sites (N-methyl/N-ethyl adjacent to an activating group) is 1. The summed E-state index contributed by atoms with van der Waals surface area (Å²) in [5.41, 5.74) is 1.84. The lowest BCUT2D eigenvalue weighted by Gasteiger charge is -2.16. The van der Waals surface area contributed by atoms with Gasteiger partial charge in [-0.05, 0) is 19.1 Å². The minimum atomic E-state index is 0.00329. The van der Waals surface area contributed by atoms with Crippen molar-refractivity contribution < 1.29 is 4.79 Å². The highest BCUT2D eigenvalue weighted by Crippen LogP contribution is 2.01. The molecule has 0 atom stereocenters. The van der Waals surface area contributed by atoms with Gasteiger partial charge in [-0.1, -0.05) is 12.0 Å². The number of carbonyl (C=O) groups is 1. The maximum absolute atomic E-state index is 11.7. The number of pyridine rings is 1. The summed E-state index contributed by atoms with van der Waals surface area (Å²) in [5, 5.41) is 2.87. The Bertz CT molecular complexity index is 423. The van der Waals surface area contributed by atoms with E-state index in [1.807, 2.05) is 25.1 Å². The Hall–Kier alpha value is -1.86. The van der Waals surface area contributed by atoms with Crippen LogP contribution in [0, 0.1) is 19.3 Å². The molecule has 0 unspecified atom stereocenters. The minimum Gasteiger partial charge on any atom is -0.339 e. The molecule has 1 aromatic heterocycles. The lowest BCUT2D eigenvalue weighted by Crippen LogP contribution is -2.35. The maximum atomic E-state index is 11.7. The van der Waals surface area contributed by atoms with Crippen LogP contribution in [-0.4, -0.2) is 35.9 Å². The van der Waals surface area contributed by atoms with Gasteiger partial charge >= 0.3 is 0 Å². The molecule has 1 amide bonds. The topological polar surface area (TPSA) is 45.2 Å². The normalized spacial score (nSPS) is 9.71. The molecule has 4 nitrogen and oxygen atoms in total. The predicted molar refractivity (Wildman–Crippen MR) is 67.2 cm³/mol. The van der Waals surface area contributed by atoms with Crippen LogP contribution in [-0.2, 0) is 11.3 Å². The molecule has 1 heterocycles. The van der Waals surface area contributed by atoms with Crippen LogP contribution in [0.1, 0.15) is 11.4 Å². The summed E-state index contributed by atoms with van der Waals surface area (Å²) in [4.78, 5) is 17.6. The molecule has 17 heavy (non-hydrogen) atoms. The SMILES string of the molecule is C#CCNCC(=O)N(C)Cc1cccc(C)n1. The van der Waals surface area contributed by atoms with E-state index >= 15 is 0 Å². The number of nitrogens with zero attached hydrogens (tertiary/aromatic N) is 2.